The Morgan fingerprint density at radius 3 is 2.42 bits per heavy atom. The fraction of sp³-hybridized carbons (Fsp3) is 0.300. The zero-order valence-electron chi connectivity index (χ0n) is 9.44. The minimum absolute atomic E-state index is 0.0441. The number of halogens is 4. The van der Waals surface area contributed by atoms with Gasteiger partial charge in [-0.1, -0.05) is 23.7 Å². The van der Waals surface area contributed by atoms with Gasteiger partial charge in [0.2, 0.25) is 0 Å². The van der Waals surface area contributed by atoms with Crippen LogP contribution in [0.25, 0.3) is 0 Å². The lowest BCUT2D eigenvalue weighted by Gasteiger charge is -2.13. The van der Waals surface area contributed by atoms with Crippen molar-refractivity contribution >= 4 is 27.5 Å². The van der Waals surface area contributed by atoms with Gasteiger partial charge in [-0.3, -0.25) is 8.98 Å². The highest BCUT2D eigenvalue weighted by Crippen LogP contribution is 2.26. The minimum Gasteiger partial charge on any atom is -0.291 e. The van der Waals surface area contributed by atoms with Crippen molar-refractivity contribution in [2.45, 2.75) is 18.5 Å². The molecule has 9 heteroatoms. The number of ketones is 1. The summed E-state index contributed by atoms with van der Waals surface area (Å²) in [5, 5.41) is 0.191. The predicted octanol–water partition coefficient (Wildman–Crippen LogP) is 2.78. The molecule has 0 radical (unpaired) electrons. The van der Waals surface area contributed by atoms with E-state index < -0.39 is 27.5 Å². The van der Waals surface area contributed by atoms with Gasteiger partial charge in [0.25, 0.3) is 0 Å². The molecular weight excluding hydrogens is 309 g/mol. The zero-order valence-corrected chi connectivity index (χ0v) is 11.0. The van der Waals surface area contributed by atoms with Gasteiger partial charge >= 0.3 is 15.6 Å². The van der Waals surface area contributed by atoms with Crippen molar-refractivity contribution in [2.24, 2.45) is 0 Å². The highest BCUT2D eigenvalue weighted by Gasteiger charge is 2.48. The maximum absolute atomic E-state index is 12.1. The number of carbonyl (C=O) groups is 1. The summed E-state index contributed by atoms with van der Waals surface area (Å²) in [7, 11) is -5.81. The van der Waals surface area contributed by atoms with Crippen LogP contribution in [0.15, 0.2) is 24.3 Å². The van der Waals surface area contributed by atoms with E-state index in [0.29, 0.717) is 0 Å². The Hall–Kier alpha value is -1.12. The summed E-state index contributed by atoms with van der Waals surface area (Å²) >= 11 is 5.61. The van der Waals surface area contributed by atoms with Gasteiger partial charge in [-0.25, -0.2) is 0 Å². The van der Waals surface area contributed by atoms with Crippen LogP contribution in [-0.2, 0) is 14.3 Å². The fourth-order valence-corrected chi connectivity index (χ4v) is 1.93. The summed E-state index contributed by atoms with van der Waals surface area (Å²) in [6.07, 6.45) is -1.80. The van der Waals surface area contributed by atoms with Crippen LogP contribution in [0.2, 0.25) is 5.02 Å². The highest BCUT2D eigenvalue weighted by atomic mass is 35.5. The number of rotatable bonds is 4. The third-order valence-electron chi connectivity index (χ3n) is 2.03. The van der Waals surface area contributed by atoms with Crippen molar-refractivity contribution in [3.8, 4) is 0 Å². The summed E-state index contributed by atoms with van der Waals surface area (Å²) < 4.78 is 61.5. The van der Waals surface area contributed by atoms with Crippen molar-refractivity contribution in [1.82, 2.24) is 0 Å². The highest BCUT2D eigenvalue weighted by molar-refractivity contribution is 7.87. The van der Waals surface area contributed by atoms with E-state index in [2.05, 4.69) is 4.18 Å². The Bertz CT molecular complexity index is 583. The molecule has 1 rings (SSSR count). The molecule has 0 fully saturated rings. The van der Waals surface area contributed by atoms with Crippen LogP contribution in [0.3, 0.4) is 0 Å². The molecule has 0 aromatic heterocycles. The van der Waals surface area contributed by atoms with E-state index in [9.17, 15) is 26.4 Å². The monoisotopic (exact) mass is 316 g/mol. The van der Waals surface area contributed by atoms with Crippen LogP contribution < -0.4 is 0 Å². The molecule has 0 bridgehead atoms. The Balaban J connectivity index is 2.91. The largest absolute Gasteiger partial charge is 0.523 e. The lowest BCUT2D eigenvalue weighted by molar-refractivity contribution is -0.0558. The predicted molar refractivity (Wildman–Crippen MR) is 61.3 cm³/mol. The summed E-state index contributed by atoms with van der Waals surface area (Å²) in [6, 6.07) is 5.34. The van der Waals surface area contributed by atoms with E-state index in [1.807, 2.05) is 0 Å². The van der Waals surface area contributed by atoms with Crippen LogP contribution in [-0.4, -0.2) is 25.8 Å². The number of hydrogen-bond donors (Lipinski definition) is 0. The molecule has 4 nitrogen and oxygen atoms in total. The van der Waals surface area contributed by atoms with E-state index in [1.54, 1.807) is 0 Å². The fourth-order valence-electron chi connectivity index (χ4n) is 1.16. The van der Waals surface area contributed by atoms with Crippen LogP contribution in [0.5, 0.6) is 0 Å². The van der Waals surface area contributed by atoms with Crippen molar-refractivity contribution in [1.29, 1.82) is 0 Å². The number of Topliss-reactive ketones (excluding diaryl/α,β-unsaturated/α-hetero) is 1. The van der Waals surface area contributed by atoms with E-state index in [-0.39, 0.29) is 10.6 Å². The van der Waals surface area contributed by atoms with Gasteiger partial charge in [-0.05, 0) is 19.1 Å². The van der Waals surface area contributed by atoms with Gasteiger partial charge < -0.3 is 0 Å². The number of carbonyl (C=O) groups excluding carboxylic acids is 1. The van der Waals surface area contributed by atoms with Gasteiger partial charge in [-0.15, -0.1) is 0 Å². The molecule has 0 heterocycles. The maximum atomic E-state index is 12.1. The molecule has 0 saturated carbocycles. The Morgan fingerprint density at radius 2 is 1.95 bits per heavy atom. The molecule has 0 spiro atoms. The number of alkyl halides is 3. The second kappa shape index (κ2) is 5.48. The molecule has 0 aliphatic heterocycles. The summed E-state index contributed by atoms with van der Waals surface area (Å²) in [6.45, 7) is 0.909. The third kappa shape index (κ3) is 3.92. The summed E-state index contributed by atoms with van der Waals surface area (Å²) in [4.78, 5) is 11.7. The molecule has 0 aliphatic rings. The molecular formula is C10H8ClF3O4S. The van der Waals surface area contributed by atoms with E-state index in [4.69, 9.17) is 11.6 Å². The summed E-state index contributed by atoms with van der Waals surface area (Å²) in [5.74, 6) is -0.921. The average molecular weight is 317 g/mol. The Labute approximate surface area is 112 Å². The second-order valence-corrected chi connectivity index (χ2v) is 5.51. The van der Waals surface area contributed by atoms with Gasteiger partial charge in [-0.2, -0.15) is 21.6 Å². The minimum atomic E-state index is -5.81. The van der Waals surface area contributed by atoms with Crippen LogP contribution in [0.4, 0.5) is 13.2 Å². The molecule has 0 aliphatic carbocycles. The van der Waals surface area contributed by atoms with Crippen molar-refractivity contribution in [3.05, 3.63) is 34.9 Å². The first-order chi connectivity index (χ1) is 8.54. The van der Waals surface area contributed by atoms with E-state index >= 15 is 0 Å². The smallest absolute Gasteiger partial charge is 0.291 e. The first kappa shape index (κ1) is 15.9. The standard InChI is InChI=1S/C10H8ClF3O4S/c1-6(18-19(16,17)10(12,13)14)9(15)7-3-2-4-8(11)5-7/h2-6H,1H3/t6-/m0/s1. The SMILES string of the molecule is C[C@H](OS(=O)(=O)C(F)(F)F)C(=O)c1cccc(Cl)c1. The lowest BCUT2D eigenvalue weighted by atomic mass is 10.1. The van der Waals surface area contributed by atoms with Gasteiger partial charge in [0, 0.05) is 10.6 Å². The topological polar surface area (TPSA) is 60.4 Å². The van der Waals surface area contributed by atoms with E-state index in [1.165, 1.54) is 24.3 Å². The number of benzene rings is 1. The van der Waals surface area contributed by atoms with Gasteiger partial charge in [0.1, 0.15) is 6.10 Å². The van der Waals surface area contributed by atoms with Crippen molar-refractivity contribution in [2.75, 3.05) is 0 Å². The van der Waals surface area contributed by atoms with Crippen LogP contribution in [0, 0.1) is 0 Å². The normalized spacial score (nSPS) is 14.2. The molecule has 0 saturated heterocycles. The molecule has 0 amide bonds. The molecule has 106 valence electrons. The average Bonchev–Trinajstić information content (AvgIpc) is 2.25. The lowest BCUT2D eigenvalue weighted by Crippen LogP contribution is -2.32. The summed E-state index contributed by atoms with van der Waals surface area (Å²) in [5.41, 5.74) is -5.62. The Morgan fingerprint density at radius 1 is 1.37 bits per heavy atom. The molecule has 0 unspecified atom stereocenters. The molecule has 19 heavy (non-hydrogen) atoms. The first-order valence-electron chi connectivity index (χ1n) is 4.84. The van der Waals surface area contributed by atoms with Crippen LogP contribution >= 0.6 is 11.6 Å². The molecule has 1 aromatic carbocycles. The van der Waals surface area contributed by atoms with Crippen LogP contribution in [0.1, 0.15) is 17.3 Å². The third-order valence-corrected chi connectivity index (χ3v) is 3.38. The van der Waals surface area contributed by atoms with E-state index in [0.717, 1.165) is 6.92 Å². The van der Waals surface area contributed by atoms with Crippen molar-refractivity contribution < 1.29 is 30.6 Å². The van der Waals surface area contributed by atoms with Gasteiger partial charge in [0.05, 0.1) is 0 Å². The number of hydrogen-bond acceptors (Lipinski definition) is 4. The molecule has 1 atom stereocenters. The zero-order chi connectivity index (χ0) is 14.8. The quantitative estimate of drug-likeness (QED) is 0.487. The molecule has 1 aromatic rings. The first-order valence-corrected chi connectivity index (χ1v) is 6.62. The van der Waals surface area contributed by atoms with Gasteiger partial charge in [0.15, 0.2) is 5.78 Å². The maximum Gasteiger partial charge on any atom is 0.523 e. The second-order valence-electron chi connectivity index (χ2n) is 3.51. The Kier molecular flexibility index (Phi) is 4.59. The molecule has 0 N–H and O–H groups in total. The van der Waals surface area contributed by atoms with Crippen molar-refractivity contribution in [3.63, 3.8) is 0 Å².